The number of halogens is 1. The fourth-order valence-electron chi connectivity index (χ4n) is 3.61. The Kier molecular flexibility index (Phi) is 7.73. The van der Waals surface area contributed by atoms with Crippen LogP contribution in [-0.2, 0) is 0 Å². The molecular formula is C24H28ClN5O3. The number of allylic oxidation sites excluding steroid dienone is 1. The number of rotatable bonds is 9. The Labute approximate surface area is 198 Å². The molecule has 1 aromatic carbocycles. The van der Waals surface area contributed by atoms with Gasteiger partial charge in [0.1, 0.15) is 30.3 Å². The number of nitrogen functional groups attached to an aromatic ring is 1. The number of methoxy groups -OCH3 is 1. The largest absolute Gasteiger partial charge is 0.496 e. The number of aliphatic hydroxyl groups excluding tert-OH is 1. The van der Waals surface area contributed by atoms with Gasteiger partial charge in [-0.25, -0.2) is 15.0 Å². The van der Waals surface area contributed by atoms with Crippen molar-refractivity contribution in [3.63, 3.8) is 0 Å². The summed E-state index contributed by atoms with van der Waals surface area (Å²) >= 11 is 6.64. The van der Waals surface area contributed by atoms with E-state index in [4.69, 9.17) is 31.9 Å². The molecule has 33 heavy (non-hydrogen) atoms. The van der Waals surface area contributed by atoms with E-state index in [-0.39, 0.29) is 19.3 Å². The van der Waals surface area contributed by atoms with Crippen LogP contribution in [0.25, 0.3) is 16.7 Å². The molecule has 0 fully saturated rings. The van der Waals surface area contributed by atoms with Crippen LogP contribution in [0.15, 0.2) is 37.3 Å². The molecule has 0 spiro atoms. The van der Waals surface area contributed by atoms with Crippen LogP contribution in [0.4, 0.5) is 11.6 Å². The van der Waals surface area contributed by atoms with Gasteiger partial charge in [0.15, 0.2) is 0 Å². The lowest BCUT2D eigenvalue weighted by Gasteiger charge is -2.23. The van der Waals surface area contributed by atoms with E-state index in [0.29, 0.717) is 33.9 Å². The number of aromatic nitrogens is 3. The van der Waals surface area contributed by atoms with Gasteiger partial charge in [0.2, 0.25) is 5.88 Å². The Morgan fingerprint density at radius 2 is 2.06 bits per heavy atom. The first-order valence-electron chi connectivity index (χ1n) is 10.4. The molecule has 174 valence electrons. The molecule has 0 amide bonds. The molecule has 0 saturated carbocycles. The van der Waals surface area contributed by atoms with E-state index >= 15 is 0 Å². The third-order valence-electron chi connectivity index (χ3n) is 5.20. The molecule has 3 aromatic rings. The molecule has 0 radical (unpaired) electrons. The fraction of sp³-hybridized carbons (Fsp3) is 0.292. The van der Waals surface area contributed by atoms with Crippen molar-refractivity contribution in [2.45, 2.75) is 26.8 Å². The van der Waals surface area contributed by atoms with Crippen molar-refractivity contribution in [2.75, 3.05) is 31.4 Å². The molecule has 2 heterocycles. The molecule has 0 aliphatic rings. The Morgan fingerprint density at radius 3 is 2.67 bits per heavy atom. The number of nitrogens with one attached hydrogen (secondary N) is 1. The first-order valence-corrected chi connectivity index (χ1v) is 10.8. The second kappa shape index (κ2) is 10.5. The second-order valence-corrected chi connectivity index (χ2v) is 7.97. The van der Waals surface area contributed by atoms with E-state index in [0.717, 1.165) is 27.8 Å². The van der Waals surface area contributed by atoms with Crippen molar-refractivity contribution in [2.24, 2.45) is 0 Å². The third-order valence-corrected chi connectivity index (χ3v) is 5.59. The highest BCUT2D eigenvalue weighted by atomic mass is 35.5. The van der Waals surface area contributed by atoms with Crippen molar-refractivity contribution in [1.29, 1.82) is 0 Å². The zero-order chi connectivity index (χ0) is 24.1. The molecule has 0 bridgehead atoms. The minimum Gasteiger partial charge on any atom is -0.496 e. The highest BCUT2D eigenvalue weighted by molar-refractivity contribution is 6.32. The van der Waals surface area contributed by atoms with Gasteiger partial charge in [0, 0.05) is 34.0 Å². The van der Waals surface area contributed by atoms with Gasteiger partial charge in [-0.15, -0.1) is 0 Å². The molecule has 4 N–H and O–H groups in total. The predicted molar refractivity (Wildman–Crippen MR) is 132 cm³/mol. The van der Waals surface area contributed by atoms with Crippen molar-refractivity contribution in [1.82, 2.24) is 15.0 Å². The molecule has 0 aliphatic heterocycles. The molecule has 3 rings (SSSR count). The van der Waals surface area contributed by atoms with Crippen LogP contribution in [-0.4, -0.2) is 40.4 Å². The van der Waals surface area contributed by atoms with Crippen LogP contribution in [0.2, 0.25) is 5.02 Å². The average Bonchev–Trinajstić information content (AvgIpc) is 2.79. The summed E-state index contributed by atoms with van der Waals surface area (Å²) in [5.74, 6) is 2.03. The maximum atomic E-state index is 8.94. The second-order valence-electron chi connectivity index (χ2n) is 7.57. The summed E-state index contributed by atoms with van der Waals surface area (Å²) in [5.41, 5.74) is 10.8. The molecule has 0 saturated heterocycles. The van der Waals surface area contributed by atoms with Gasteiger partial charge in [0.05, 0.1) is 25.3 Å². The number of aliphatic hydroxyl groups is 1. The highest BCUT2D eigenvalue weighted by Crippen LogP contribution is 2.43. The summed E-state index contributed by atoms with van der Waals surface area (Å²) in [7, 11) is 1.62. The summed E-state index contributed by atoms with van der Waals surface area (Å²) in [6, 6.07) is 5.28. The van der Waals surface area contributed by atoms with Crippen LogP contribution < -0.4 is 20.5 Å². The van der Waals surface area contributed by atoms with Crippen molar-refractivity contribution < 1.29 is 14.6 Å². The lowest BCUT2D eigenvalue weighted by Crippen LogP contribution is -2.13. The number of hydrogen-bond donors (Lipinski definition) is 3. The standard InChI is InChI=1S/C24H28ClN5O3/c1-13(2)20-23(26)28-12-29-24(20)30-15(4)17-10-18(25)14(3)21(22(17)32-5)16-6-7-19(27-11-16)33-9-8-31/h6-7,10-12,15,31H,1,8-9H2,2-5H3,(H3,26,28,29,30). The number of nitrogens with two attached hydrogens (primary N) is 1. The van der Waals surface area contributed by atoms with Crippen LogP contribution in [0, 0.1) is 6.92 Å². The first-order chi connectivity index (χ1) is 15.8. The SMILES string of the molecule is C=C(C)c1c(N)ncnc1NC(C)c1cc(Cl)c(C)c(-c2ccc(OCCO)nc2)c1OC. The molecule has 1 atom stereocenters. The van der Waals surface area contributed by atoms with E-state index in [2.05, 4.69) is 26.8 Å². The Morgan fingerprint density at radius 1 is 1.30 bits per heavy atom. The number of hydrogen-bond acceptors (Lipinski definition) is 8. The number of benzene rings is 1. The topological polar surface area (TPSA) is 115 Å². The first kappa shape index (κ1) is 24.3. The maximum Gasteiger partial charge on any atom is 0.213 e. The Hall–Kier alpha value is -3.36. The quantitative estimate of drug-likeness (QED) is 0.414. The third kappa shape index (κ3) is 5.18. The van der Waals surface area contributed by atoms with Crippen molar-refractivity contribution in [3.05, 3.63) is 59.0 Å². The number of pyridine rings is 1. The molecule has 2 aromatic heterocycles. The minimum atomic E-state index is -0.232. The molecule has 8 nitrogen and oxygen atoms in total. The van der Waals surface area contributed by atoms with Gasteiger partial charge in [-0.2, -0.15) is 0 Å². The fourth-order valence-corrected chi connectivity index (χ4v) is 3.82. The van der Waals surface area contributed by atoms with Crippen LogP contribution in [0.5, 0.6) is 11.6 Å². The number of nitrogens with zero attached hydrogens (tertiary/aromatic N) is 3. The van der Waals surface area contributed by atoms with Gasteiger partial charge in [-0.1, -0.05) is 18.2 Å². The lowest BCUT2D eigenvalue weighted by molar-refractivity contribution is 0.196. The van der Waals surface area contributed by atoms with Crippen LogP contribution >= 0.6 is 11.6 Å². The average molecular weight is 470 g/mol. The van der Waals surface area contributed by atoms with E-state index in [1.807, 2.05) is 32.9 Å². The monoisotopic (exact) mass is 469 g/mol. The summed E-state index contributed by atoms with van der Waals surface area (Å²) in [6.45, 7) is 9.86. The van der Waals surface area contributed by atoms with Gasteiger partial charge in [0.25, 0.3) is 0 Å². The summed E-state index contributed by atoms with van der Waals surface area (Å²) < 4.78 is 11.2. The Balaban J connectivity index is 2.05. The van der Waals surface area contributed by atoms with Crippen LogP contribution in [0.3, 0.4) is 0 Å². The van der Waals surface area contributed by atoms with E-state index in [1.165, 1.54) is 6.33 Å². The molecular weight excluding hydrogens is 442 g/mol. The highest BCUT2D eigenvalue weighted by Gasteiger charge is 2.22. The van der Waals surface area contributed by atoms with E-state index < -0.39 is 0 Å². The zero-order valence-corrected chi connectivity index (χ0v) is 19.9. The van der Waals surface area contributed by atoms with Crippen LogP contribution in [0.1, 0.15) is 36.6 Å². The molecule has 0 aliphatic carbocycles. The van der Waals surface area contributed by atoms with Gasteiger partial charge < -0.3 is 25.6 Å². The normalized spacial score (nSPS) is 11.7. The number of anilines is 2. The van der Waals surface area contributed by atoms with Gasteiger partial charge >= 0.3 is 0 Å². The van der Waals surface area contributed by atoms with E-state index in [9.17, 15) is 0 Å². The summed E-state index contributed by atoms with van der Waals surface area (Å²) in [5, 5.41) is 12.9. The summed E-state index contributed by atoms with van der Waals surface area (Å²) in [4.78, 5) is 12.8. The predicted octanol–water partition coefficient (Wildman–Crippen LogP) is 4.67. The molecule has 1 unspecified atom stereocenters. The smallest absolute Gasteiger partial charge is 0.213 e. The maximum absolute atomic E-state index is 8.94. The van der Waals surface area contributed by atoms with E-state index in [1.54, 1.807) is 19.4 Å². The lowest BCUT2D eigenvalue weighted by atomic mass is 9.94. The number of ether oxygens (including phenoxy) is 2. The summed E-state index contributed by atoms with van der Waals surface area (Å²) in [6.07, 6.45) is 3.10. The minimum absolute atomic E-state index is 0.0794. The van der Waals surface area contributed by atoms with Gasteiger partial charge in [-0.05, 0) is 44.0 Å². The van der Waals surface area contributed by atoms with Crippen molar-refractivity contribution >= 4 is 28.8 Å². The Bertz CT molecular complexity index is 1150. The van der Waals surface area contributed by atoms with Gasteiger partial charge in [-0.3, -0.25) is 0 Å². The molecule has 9 heteroatoms. The zero-order valence-electron chi connectivity index (χ0n) is 19.1. The van der Waals surface area contributed by atoms with Crippen molar-refractivity contribution in [3.8, 4) is 22.8 Å².